The number of anilines is 1. The van der Waals surface area contributed by atoms with Gasteiger partial charge in [0.15, 0.2) is 0 Å². The molecule has 0 aliphatic carbocycles. The first-order chi connectivity index (χ1) is 12.3. The molecule has 1 aliphatic rings. The fourth-order valence-corrected chi connectivity index (χ4v) is 3.04. The van der Waals surface area contributed by atoms with Gasteiger partial charge in [-0.05, 0) is 19.1 Å². The van der Waals surface area contributed by atoms with Crippen molar-refractivity contribution in [3.05, 3.63) is 102 Å². The lowest BCUT2D eigenvalue weighted by atomic mass is 10.1. The molecule has 0 spiro atoms. The van der Waals surface area contributed by atoms with Gasteiger partial charge in [-0.3, -0.25) is 0 Å². The average molecular weight is 328 g/mol. The maximum atomic E-state index is 5.94. The second-order valence-corrected chi connectivity index (χ2v) is 6.24. The Morgan fingerprint density at radius 3 is 2.16 bits per heavy atom. The van der Waals surface area contributed by atoms with E-state index in [1.807, 2.05) is 24.3 Å². The van der Waals surface area contributed by atoms with Crippen molar-refractivity contribution in [2.45, 2.75) is 13.2 Å². The van der Waals surface area contributed by atoms with Crippen molar-refractivity contribution in [1.29, 1.82) is 0 Å². The lowest BCUT2D eigenvalue weighted by Gasteiger charge is -2.35. The number of nitrogens with zero attached hydrogens (tertiary/aromatic N) is 2. The van der Waals surface area contributed by atoms with Crippen molar-refractivity contribution in [2.75, 3.05) is 11.4 Å². The molecule has 0 fully saturated rings. The van der Waals surface area contributed by atoms with E-state index in [9.17, 15) is 0 Å². The van der Waals surface area contributed by atoms with Gasteiger partial charge in [0.05, 0.1) is 6.54 Å². The summed E-state index contributed by atoms with van der Waals surface area (Å²) in [6.45, 7) is 2.79. The normalized spacial score (nSPS) is 16.9. The van der Waals surface area contributed by atoms with Gasteiger partial charge in [-0.15, -0.1) is 0 Å². The molecular weight excluding hydrogens is 308 g/mol. The summed E-state index contributed by atoms with van der Waals surface area (Å²) in [5, 5.41) is 4.44. The summed E-state index contributed by atoms with van der Waals surface area (Å²) in [4.78, 5) is 8.19. The van der Waals surface area contributed by atoms with Gasteiger partial charge >= 0.3 is 0 Å². The van der Waals surface area contributed by atoms with Gasteiger partial charge in [0.25, 0.3) is 0 Å². The topological polar surface area (TPSA) is 24.8 Å². The molecule has 0 saturated heterocycles. The molecule has 0 bridgehead atoms. The standard InChI is InChI=1S/C22H20N2O/c1-17-12-14-18(15-13-17)21-16-24(20-10-6-3-7-11-20)22(25-23-21)19-8-4-2-5-9-19/h2-15,22H,16H2,1H3. The molecule has 1 aliphatic heterocycles. The predicted molar refractivity (Wildman–Crippen MR) is 102 cm³/mol. The smallest absolute Gasteiger partial charge is 0.226 e. The first-order valence-electron chi connectivity index (χ1n) is 8.47. The fourth-order valence-electron chi connectivity index (χ4n) is 3.04. The number of benzene rings is 3. The van der Waals surface area contributed by atoms with Crippen LogP contribution in [0.15, 0.2) is 90.1 Å². The minimum atomic E-state index is -0.224. The van der Waals surface area contributed by atoms with E-state index in [-0.39, 0.29) is 6.23 Å². The maximum absolute atomic E-state index is 5.94. The van der Waals surface area contributed by atoms with E-state index >= 15 is 0 Å². The summed E-state index contributed by atoms with van der Waals surface area (Å²) in [6, 6.07) is 29.0. The van der Waals surface area contributed by atoms with Crippen LogP contribution in [0.2, 0.25) is 0 Å². The number of rotatable bonds is 3. The summed E-state index contributed by atoms with van der Waals surface area (Å²) >= 11 is 0. The van der Waals surface area contributed by atoms with Crippen LogP contribution in [0.1, 0.15) is 22.9 Å². The Hall–Kier alpha value is -3.07. The third-order valence-corrected chi connectivity index (χ3v) is 4.42. The minimum absolute atomic E-state index is 0.224. The lowest BCUT2D eigenvalue weighted by Crippen LogP contribution is -2.38. The summed E-state index contributed by atoms with van der Waals surface area (Å²) in [6.07, 6.45) is -0.224. The van der Waals surface area contributed by atoms with Crippen LogP contribution in [0.25, 0.3) is 0 Å². The van der Waals surface area contributed by atoms with Gasteiger partial charge in [0, 0.05) is 16.8 Å². The first kappa shape index (κ1) is 15.5. The van der Waals surface area contributed by atoms with Crippen LogP contribution in [0.3, 0.4) is 0 Å². The van der Waals surface area contributed by atoms with Gasteiger partial charge in [-0.2, -0.15) is 0 Å². The summed E-state index contributed by atoms with van der Waals surface area (Å²) < 4.78 is 0. The Labute approximate surface area is 148 Å². The number of aryl methyl sites for hydroxylation is 1. The Balaban J connectivity index is 1.71. The molecule has 0 N–H and O–H groups in total. The molecule has 3 heteroatoms. The molecule has 25 heavy (non-hydrogen) atoms. The highest BCUT2D eigenvalue weighted by Crippen LogP contribution is 2.31. The predicted octanol–water partition coefficient (Wildman–Crippen LogP) is 4.93. The highest BCUT2D eigenvalue weighted by atomic mass is 16.7. The quantitative estimate of drug-likeness (QED) is 0.680. The highest BCUT2D eigenvalue weighted by Gasteiger charge is 2.28. The van der Waals surface area contributed by atoms with Gasteiger partial charge in [0.2, 0.25) is 6.23 Å². The zero-order valence-corrected chi connectivity index (χ0v) is 14.2. The maximum Gasteiger partial charge on any atom is 0.226 e. The molecule has 124 valence electrons. The molecule has 0 aromatic heterocycles. The van der Waals surface area contributed by atoms with Crippen molar-refractivity contribution in [1.82, 2.24) is 0 Å². The number of para-hydroxylation sites is 1. The molecule has 1 unspecified atom stereocenters. The molecule has 3 aromatic carbocycles. The highest BCUT2D eigenvalue weighted by molar-refractivity contribution is 6.03. The summed E-state index contributed by atoms with van der Waals surface area (Å²) in [7, 11) is 0. The Bertz CT molecular complexity index is 858. The van der Waals surface area contributed by atoms with Crippen LogP contribution in [-0.2, 0) is 4.84 Å². The van der Waals surface area contributed by atoms with E-state index in [1.54, 1.807) is 0 Å². The van der Waals surface area contributed by atoms with Crippen LogP contribution in [0.5, 0.6) is 0 Å². The number of oxime groups is 1. The third-order valence-electron chi connectivity index (χ3n) is 4.42. The molecule has 0 radical (unpaired) electrons. The summed E-state index contributed by atoms with van der Waals surface area (Å²) in [5.74, 6) is 0. The molecule has 3 aromatic rings. The van der Waals surface area contributed by atoms with E-state index in [0.717, 1.165) is 22.5 Å². The van der Waals surface area contributed by atoms with Crippen LogP contribution in [-0.4, -0.2) is 12.3 Å². The molecule has 0 amide bonds. The van der Waals surface area contributed by atoms with Crippen molar-refractivity contribution < 1.29 is 4.84 Å². The van der Waals surface area contributed by atoms with Crippen LogP contribution < -0.4 is 4.90 Å². The van der Waals surface area contributed by atoms with E-state index < -0.39 is 0 Å². The first-order valence-corrected chi connectivity index (χ1v) is 8.47. The largest absolute Gasteiger partial charge is 0.365 e. The van der Waals surface area contributed by atoms with E-state index in [0.29, 0.717) is 6.54 Å². The molecular formula is C22H20N2O. The van der Waals surface area contributed by atoms with Crippen LogP contribution in [0, 0.1) is 6.92 Å². The van der Waals surface area contributed by atoms with E-state index in [4.69, 9.17) is 4.84 Å². The Morgan fingerprint density at radius 2 is 1.48 bits per heavy atom. The van der Waals surface area contributed by atoms with Crippen molar-refractivity contribution in [3.8, 4) is 0 Å². The monoisotopic (exact) mass is 328 g/mol. The SMILES string of the molecule is Cc1ccc(C2=NOC(c3ccccc3)N(c3ccccc3)C2)cc1. The molecule has 1 atom stereocenters. The molecule has 4 rings (SSSR count). The molecule has 0 saturated carbocycles. The zero-order valence-electron chi connectivity index (χ0n) is 14.2. The Kier molecular flexibility index (Phi) is 4.21. The number of hydrogen-bond acceptors (Lipinski definition) is 3. The fraction of sp³-hybridized carbons (Fsp3) is 0.136. The second-order valence-electron chi connectivity index (χ2n) is 6.24. The number of hydrogen-bond donors (Lipinski definition) is 0. The van der Waals surface area contributed by atoms with Gasteiger partial charge in [0.1, 0.15) is 5.71 Å². The summed E-state index contributed by atoms with van der Waals surface area (Å²) in [5.41, 5.74) is 5.49. The third kappa shape index (κ3) is 3.26. The van der Waals surface area contributed by atoms with Crippen LogP contribution in [0.4, 0.5) is 5.69 Å². The van der Waals surface area contributed by atoms with E-state index in [1.165, 1.54) is 5.56 Å². The molecule has 3 nitrogen and oxygen atoms in total. The van der Waals surface area contributed by atoms with Crippen molar-refractivity contribution in [2.24, 2.45) is 5.16 Å². The van der Waals surface area contributed by atoms with Crippen molar-refractivity contribution in [3.63, 3.8) is 0 Å². The van der Waals surface area contributed by atoms with E-state index in [2.05, 4.69) is 77.6 Å². The van der Waals surface area contributed by atoms with Gasteiger partial charge in [-0.25, -0.2) is 0 Å². The van der Waals surface area contributed by atoms with Crippen molar-refractivity contribution >= 4 is 11.4 Å². The zero-order chi connectivity index (χ0) is 17.1. The average Bonchev–Trinajstić information content (AvgIpc) is 2.69. The Morgan fingerprint density at radius 1 is 0.840 bits per heavy atom. The van der Waals surface area contributed by atoms with Gasteiger partial charge < -0.3 is 9.74 Å². The van der Waals surface area contributed by atoms with Crippen LogP contribution >= 0.6 is 0 Å². The minimum Gasteiger partial charge on any atom is -0.365 e. The second kappa shape index (κ2) is 6.81. The van der Waals surface area contributed by atoms with Gasteiger partial charge in [-0.1, -0.05) is 83.5 Å². The molecule has 1 heterocycles. The lowest BCUT2D eigenvalue weighted by molar-refractivity contribution is 0.0486.